The van der Waals surface area contributed by atoms with Crippen LogP contribution in [0.3, 0.4) is 0 Å². The number of anilines is 2. The Morgan fingerprint density at radius 1 is 1.45 bits per heavy atom. The molecule has 0 bridgehead atoms. The van der Waals surface area contributed by atoms with Crippen LogP contribution in [0.5, 0.6) is 0 Å². The molecule has 1 aliphatic heterocycles. The first-order chi connectivity index (χ1) is 10.6. The first kappa shape index (κ1) is 17.0. The summed E-state index contributed by atoms with van der Waals surface area (Å²) in [6.45, 7) is 4.68. The normalized spacial score (nSPS) is 21.9. The van der Waals surface area contributed by atoms with Gasteiger partial charge in [-0.15, -0.1) is 0 Å². The number of ether oxygens (including phenoxy) is 1. The number of rotatable bonds is 7. The molecule has 6 nitrogen and oxygen atoms in total. The fourth-order valence-electron chi connectivity index (χ4n) is 3.20. The third-order valence-electron chi connectivity index (χ3n) is 4.43. The van der Waals surface area contributed by atoms with Gasteiger partial charge in [-0.2, -0.15) is 4.98 Å². The molecule has 1 atom stereocenters. The van der Waals surface area contributed by atoms with Crippen molar-refractivity contribution in [2.24, 2.45) is 5.41 Å². The second-order valence-electron chi connectivity index (χ2n) is 6.22. The van der Waals surface area contributed by atoms with Crippen molar-refractivity contribution in [2.45, 2.75) is 32.6 Å². The maximum Gasteiger partial charge on any atom is 0.227 e. The smallest absolute Gasteiger partial charge is 0.227 e. The van der Waals surface area contributed by atoms with Gasteiger partial charge < -0.3 is 20.1 Å². The van der Waals surface area contributed by atoms with Gasteiger partial charge in [-0.25, -0.2) is 4.98 Å². The first-order valence-corrected chi connectivity index (χ1v) is 8.01. The van der Waals surface area contributed by atoms with E-state index < -0.39 is 0 Å². The van der Waals surface area contributed by atoms with Gasteiger partial charge in [0.25, 0.3) is 0 Å². The van der Waals surface area contributed by atoms with Crippen LogP contribution in [0.4, 0.5) is 11.8 Å². The summed E-state index contributed by atoms with van der Waals surface area (Å²) in [5, 5.41) is 13.0. The van der Waals surface area contributed by atoms with E-state index >= 15 is 0 Å². The summed E-state index contributed by atoms with van der Waals surface area (Å²) < 4.78 is 5.15. The Balaban J connectivity index is 2.13. The molecule has 124 valence electrons. The molecule has 0 unspecified atom stereocenters. The van der Waals surface area contributed by atoms with Gasteiger partial charge in [0.1, 0.15) is 5.82 Å². The number of hydrogen-bond donors (Lipinski definition) is 2. The van der Waals surface area contributed by atoms with E-state index in [1.54, 1.807) is 7.11 Å². The van der Waals surface area contributed by atoms with Crippen LogP contribution in [-0.4, -0.2) is 55.5 Å². The maximum absolute atomic E-state index is 9.94. The van der Waals surface area contributed by atoms with E-state index in [0.29, 0.717) is 0 Å². The number of nitrogens with zero attached hydrogens (tertiary/aromatic N) is 3. The molecule has 2 N–H and O–H groups in total. The maximum atomic E-state index is 9.94. The lowest BCUT2D eigenvalue weighted by atomic mass is 9.77. The van der Waals surface area contributed by atoms with Crippen molar-refractivity contribution in [3.05, 3.63) is 11.8 Å². The number of aromatic nitrogens is 2. The largest absolute Gasteiger partial charge is 0.396 e. The van der Waals surface area contributed by atoms with Crippen LogP contribution < -0.4 is 10.2 Å². The van der Waals surface area contributed by atoms with E-state index in [1.807, 2.05) is 20.0 Å². The molecule has 1 saturated heterocycles. The summed E-state index contributed by atoms with van der Waals surface area (Å²) in [5.41, 5.74) is 0.887. The molecule has 1 aromatic rings. The van der Waals surface area contributed by atoms with E-state index in [4.69, 9.17) is 4.74 Å². The van der Waals surface area contributed by atoms with Crippen molar-refractivity contribution in [2.75, 3.05) is 50.7 Å². The molecule has 22 heavy (non-hydrogen) atoms. The fraction of sp³-hybridized carbons (Fsp3) is 0.750. The van der Waals surface area contributed by atoms with Crippen LogP contribution in [0, 0.1) is 12.3 Å². The summed E-state index contributed by atoms with van der Waals surface area (Å²) in [7, 11) is 3.59. The van der Waals surface area contributed by atoms with E-state index in [-0.39, 0.29) is 12.0 Å². The average Bonchev–Trinajstić information content (AvgIpc) is 2.54. The van der Waals surface area contributed by atoms with Crippen LogP contribution in [0.15, 0.2) is 6.07 Å². The molecule has 0 amide bonds. The summed E-state index contributed by atoms with van der Waals surface area (Å²) in [4.78, 5) is 11.3. The van der Waals surface area contributed by atoms with Crippen LogP contribution >= 0.6 is 0 Å². The molecule has 2 heterocycles. The fourth-order valence-corrected chi connectivity index (χ4v) is 3.20. The Bertz CT molecular complexity index is 483. The molecule has 1 fully saturated rings. The highest BCUT2D eigenvalue weighted by molar-refractivity contribution is 5.43. The molecular weight excluding hydrogens is 280 g/mol. The highest BCUT2D eigenvalue weighted by atomic mass is 16.5. The van der Waals surface area contributed by atoms with Gasteiger partial charge in [-0.1, -0.05) is 0 Å². The SMILES string of the molecule is CNc1cc(C)nc(N2CCC[C@@](CO)(CCCOC)C2)n1. The van der Waals surface area contributed by atoms with E-state index in [9.17, 15) is 5.11 Å². The zero-order chi connectivity index (χ0) is 16.0. The predicted molar refractivity (Wildman–Crippen MR) is 88.4 cm³/mol. The molecule has 0 aliphatic carbocycles. The highest BCUT2D eigenvalue weighted by Crippen LogP contribution is 2.35. The van der Waals surface area contributed by atoms with Crippen LogP contribution in [0.1, 0.15) is 31.4 Å². The lowest BCUT2D eigenvalue weighted by Crippen LogP contribution is -2.46. The van der Waals surface area contributed by atoms with Crippen LogP contribution in [0.2, 0.25) is 0 Å². The summed E-state index contributed by atoms with van der Waals surface area (Å²) in [6, 6.07) is 1.94. The average molecular weight is 308 g/mol. The van der Waals surface area contributed by atoms with Gasteiger partial charge in [0.15, 0.2) is 0 Å². The van der Waals surface area contributed by atoms with Crippen LogP contribution in [-0.2, 0) is 4.74 Å². The minimum Gasteiger partial charge on any atom is -0.396 e. The molecule has 2 rings (SSSR count). The topological polar surface area (TPSA) is 70.5 Å². The second-order valence-corrected chi connectivity index (χ2v) is 6.22. The van der Waals surface area contributed by atoms with Gasteiger partial charge in [-0.3, -0.25) is 0 Å². The predicted octanol–water partition coefficient (Wildman–Crippen LogP) is 1.83. The van der Waals surface area contributed by atoms with Crippen molar-refractivity contribution in [3.8, 4) is 0 Å². The number of aryl methyl sites for hydroxylation is 1. The lowest BCUT2D eigenvalue weighted by Gasteiger charge is -2.42. The standard InChI is InChI=1S/C16H28N4O2/c1-13-10-14(17-2)19-15(18-13)20-8-4-6-16(11-20,12-21)7-5-9-22-3/h10,21H,4-9,11-12H2,1-3H3,(H,17,18,19)/t16-/m1/s1. The number of nitrogens with one attached hydrogen (secondary N) is 1. The van der Waals surface area contributed by atoms with Crippen LogP contribution in [0.25, 0.3) is 0 Å². The molecule has 0 radical (unpaired) electrons. The molecule has 1 aromatic heterocycles. The van der Waals surface area contributed by atoms with Gasteiger partial charge >= 0.3 is 0 Å². The molecule has 1 aliphatic rings. The zero-order valence-electron chi connectivity index (χ0n) is 13.9. The first-order valence-electron chi connectivity index (χ1n) is 8.01. The van der Waals surface area contributed by atoms with Gasteiger partial charge in [0.05, 0.1) is 6.61 Å². The molecule has 0 aromatic carbocycles. The van der Waals surface area contributed by atoms with Crippen molar-refractivity contribution in [1.29, 1.82) is 0 Å². The van der Waals surface area contributed by atoms with Crippen molar-refractivity contribution < 1.29 is 9.84 Å². The number of hydrogen-bond acceptors (Lipinski definition) is 6. The molecule has 0 saturated carbocycles. The Labute approximate surface area is 132 Å². The van der Waals surface area contributed by atoms with Gasteiger partial charge in [-0.05, 0) is 32.6 Å². The minimum atomic E-state index is -0.0658. The molecule has 0 spiro atoms. The van der Waals surface area contributed by atoms with E-state index in [0.717, 1.165) is 62.8 Å². The summed E-state index contributed by atoms with van der Waals surface area (Å²) in [5.74, 6) is 1.59. The van der Waals surface area contributed by atoms with Crippen molar-refractivity contribution in [3.63, 3.8) is 0 Å². The van der Waals surface area contributed by atoms with Crippen molar-refractivity contribution in [1.82, 2.24) is 9.97 Å². The van der Waals surface area contributed by atoms with E-state index in [2.05, 4.69) is 20.2 Å². The molecule has 6 heteroatoms. The Kier molecular flexibility index (Phi) is 5.97. The number of piperidine rings is 1. The zero-order valence-corrected chi connectivity index (χ0v) is 13.9. The Hall–Kier alpha value is -1.40. The number of aliphatic hydroxyl groups is 1. The Morgan fingerprint density at radius 3 is 2.95 bits per heavy atom. The highest BCUT2D eigenvalue weighted by Gasteiger charge is 2.35. The summed E-state index contributed by atoms with van der Waals surface area (Å²) in [6.07, 6.45) is 4.05. The van der Waals surface area contributed by atoms with Gasteiger partial charge in [0.2, 0.25) is 5.95 Å². The number of methoxy groups -OCH3 is 1. The molecular formula is C16H28N4O2. The van der Waals surface area contributed by atoms with Gasteiger partial charge in [0, 0.05) is 51.0 Å². The second kappa shape index (κ2) is 7.74. The van der Waals surface area contributed by atoms with Crippen molar-refractivity contribution >= 4 is 11.8 Å². The third-order valence-corrected chi connectivity index (χ3v) is 4.43. The quantitative estimate of drug-likeness (QED) is 0.749. The minimum absolute atomic E-state index is 0.0658. The lowest BCUT2D eigenvalue weighted by molar-refractivity contribution is 0.0818. The van der Waals surface area contributed by atoms with E-state index in [1.165, 1.54) is 0 Å². The number of aliphatic hydroxyl groups excluding tert-OH is 1. The Morgan fingerprint density at radius 2 is 2.27 bits per heavy atom. The summed E-state index contributed by atoms with van der Waals surface area (Å²) >= 11 is 0. The third kappa shape index (κ3) is 4.08. The monoisotopic (exact) mass is 308 g/mol.